The zero-order valence-electron chi connectivity index (χ0n) is 12.3. The number of hydrogen-bond acceptors (Lipinski definition) is 3. The van der Waals surface area contributed by atoms with Gasteiger partial charge in [0.15, 0.2) is 0 Å². The van der Waals surface area contributed by atoms with Crippen LogP contribution in [0, 0.1) is 11.6 Å². The first-order valence-electron chi connectivity index (χ1n) is 7.10. The molecule has 0 amide bonds. The van der Waals surface area contributed by atoms with E-state index < -0.39 is 11.6 Å². The number of benzene rings is 1. The van der Waals surface area contributed by atoms with Crippen LogP contribution in [0.4, 0.5) is 8.78 Å². The minimum absolute atomic E-state index is 0.0721. The van der Waals surface area contributed by atoms with E-state index in [0.717, 1.165) is 24.7 Å². The third kappa shape index (κ3) is 4.90. The number of aryl methyl sites for hydroxylation is 1. The largest absolute Gasteiger partial charge is 0.313 e. The lowest BCUT2D eigenvalue weighted by Gasteiger charge is -2.17. The summed E-state index contributed by atoms with van der Waals surface area (Å²) in [7, 11) is 1.81. The van der Waals surface area contributed by atoms with Crippen LogP contribution in [-0.4, -0.2) is 27.6 Å². The molecule has 1 aromatic heterocycles. The fourth-order valence-electron chi connectivity index (χ4n) is 2.32. The van der Waals surface area contributed by atoms with Gasteiger partial charge in [-0.3, -0.25) is 4.68 Å². The molecule has 0 aliphatic heterocycles. The second-order valence-corrected chi connectivity index (χ2v) is 5.22. The van der Waals surface area contributed by atoms with E-state index >= 15 is 0 Å². The van der Waals surface area contributed by atoms with Crippen molar-refractivity contribution in [2.45, 2.75) is 32.2 Å². The molecule has 4 nitrogen and oxygen atoms in total. The molecule has 6 heteroatoms. The molecule has 0 bridgehead atoms. The second-order valence-electron chi connectivity index (χ2n) is 5.22. The zero-order chi connectivity index (χ0) is 15.2. The highest BCUT2D eigenvalue weighted by Gasteiger charge is 2.13. The van der Waals surface area contributed by atoms with Crippen LogP contribution in [0.1, 0.15) is 24.6 Å². The molecule has 1 unspecified atom stereocenters. The third-order valence-electron chi connectivity index (χ3n) is 3.19. The van der Waals surface area contributed by atoms with Gasteiger partial charge < -0.3 is 5.32 Å². The van der Waals surface area contributed by atoms with E-state index in [1.54, 1.807) is 4.68 Å². The van der Waals surface area contributed by atoms with E-state index in [9.17, 15) is 8.78 Å². The monoisotopic (exact) mass is 294 g/mol. The van der Waals surface area contributed by atoms with Gasteiger partial charge in [0.25, 0.3) is 0 Å². The number of halogens is 2. The van der Waals surface area contributed by atoms with Crippen molar-refractivity contribution in [3.05, 3.63) is 47.3 Å². The number of aromatic nitrogens is 3. The van der Waals surface area contributed by atoms with Gasteiger partial charge in [-0.2, -0.15) is 0 Å². The predicted molar refractivity (Wildman–Crippen MR) is 76.9 cm³/mol. The van der Waals surface area contributed by atoms with Gasteiger partial charge >= 0.3 is 0 Å². The summed E-state index contributed by atoms with van der Waals surface area (Å²) in [6.45, 7) is 2.93. The van der Waals surface area contributed by atoms with E-state index in [4.69, 9.17) is 0 Å². The van der Waals surface area contributed by atoms with E-state index in [2.05, 4.69) is 22.6 Å². The summed E-state index contributed by atoms with van der Waals surface area (Å²) in [5, 5.41) is 11.4. The first-order chi connectivity index (χ1) is 10.1. The van der Waals surface area contributed by atoms with Crippen molar-refractivity contribution < 1.29 is 8.78 Å². The average Bonchev–Trinajstić information content (AvgIpc) is 2.80. The minimum Gasteiger partial charge on any atom is -0.313 e. The summed E-state index contributed by atoms with van der Waals surface area (Å²) < 4.78 is 28.2. The normalized spacial score (nSPS) is 12.6. The van der Waals surface area contributed by atoms with Crippen molar-refractivity contribution in [2.24, 2.45) is 7.05 Å². The van der Waals surface area contributed by atoms with Gasteiger partial charge in [0.1, 0.15) is 11.6 Å². The van der Waals surface area contributed by atoms with E-state index in [1.807, 2.05) is 13.2 Å². The topological polar surface area (TPSA) is 42.7 Å². The highest BCUT2D eigenvalue weighted by molar-refractivity contribution is 5.19. The van der Waals surface area contributed by atoms with Crippen molar-refractivity contribution >= 4 is 0 Å². The molecular formula is C15H20F2N4. The number of nitrogens with one attached hydrogen (secondary N) is 1. The van der Waals surface area contributed by atoms with Crippen LogP contribution in [0.25, 0.3) is 0 Å². The zero-order valence-corrected chi connectivity index (χ0v) is 12.3. The molecule has 0 fully saturated rings. The summed E-state index contributed by atoms with van der Waals surface area (Å²) in [5.74, 6) is -1.09. The van der Waals surface area contributed by atoms with E-state index in [0.29, 0.717) is 18.4 Å². The predicted octanol–water partition coefficient (Wildman–Crippen LogP) is 2.25. The van der Waals surface area contributed by atoms with Crippen LogP contribution >= 0.6 is 0 Å². The Kier molecular flexibility index (Phi) is 5.38. The Morgan fingerprint density at radius 3 is 2.48 bits per heavy atom. The molecule has 1 aromatic carbocycles. The van der Waals surface area contributed by atoms with Gasteiger partial charge in [-0.25, -0.2) is 8.78 Å². The maximum absolute atomic E-state index is 13.3. The molecule has 21 heavy (non-hydrogen) atoms. The number of nitrogens with zero attached hydrogens (tertiary/aromatic N) is 3. The third-order valence-corrected chi connectivity index (χ3v) is 3.19. The highest BCUT2D eigenvalue weighted by Crippen LogP contribution is 2.12. The maximum Gasteiger partial charge on any atom is 0.126 e. The van der Waals surface area contributed by atoms with Crippen LogP contribution in [-0.2, 0) is 19.9 Å². The summed E-state index contributed by atoms with van der Waals surface area (Å²) >= 11 is 0. The minimum atomic E-state index is -0.543. The number of rotatable bonds is 7. The first kappa shape index (κ1) is 15.6. The van der Waals surface area contributed by atoms with E-state index in [1.165, 1.54) is 12.1 Å². The molecule has 1 atom stereocenters. The molecule has 0 aliphatic carbocycles. The van der Waals surface area contributed by atoms with Crippen LogP contribution in [0.15, 0.2) is 24.4 Å². The Morgan fingerprint density at radius 1 is 1.19 bits per heavy atom. The van der Waals surface area contributed by atoms with Crippen LogP contribution < -0.4 is 5.32 Å². The molecule has 0 radical (unpaired) electrons. The summed E-state index contributed by atoms with van der Waals surface area (Å²) in [5.41, 5.74) is 1.51. The Labute approximate surface area is 123 Å². The van der Waals surface area contributed by atoms with Crippen molar-refractivity contribution in [1.29, 1.82) is 0 Å². The summed E-state index contributed by atoms with van der Waals surface area (Å²) in [6, 6.07) is 3.71. The summed E-state index contributed by atoms with van der Waals surface area (Å²) in [4.78, 5) is 0. The van der Waals surface area contributed by atoms with Gasteiger partial charge in [0.05, 0.1) is 5.69 Å². The molecule has 0 aliphatic rings. The van der Waals surface area contributed by atoms with Gasteiger partial charge in [-0.1, -0.05) is 12.1 Å². The van der Waals surface area contributed by atoms with Crippen LogP contribution in [0.3, 0.4) is 0 Å². The SMILES string of the molecule is CCCNC(Cc1cc(F)cc(F)c1)Cc1cn(C)nn1. The average molecular weight is 294 g/mol. The molecule has 0 saturated heterocycles. The standard InChI is InChI=1S/C15H20F2N4/c1-3-4-18-14(9-15-10-21(2)20-19-15)7-11-5-12(16)8-13(17)6-11/h5-6,8,10,14,18H,3-4,7,9H2,1-2H3. The fraction of sp³-hybridized carbons (Fsp3) is 0.467. The fourth-order valence-corrected chi connectivity index (χ4v) is 2.32. The second kappa shape index (κ2) is 7.26. The molecule has 0 saturated carbocycles. The molecule has 2 rings (SSSR count). The van der Waals surface area contributed by atoms with Gasteiger partial charge in [-0.05, 0) is 37.1 Å². The van der Waals surface area contributed by atoms with Crippen LogP contribution in [0.5, 0.6) is 0 Å². The smallest absolute Gasteiger partial charge is 0.126 e. The summed E-state index contributed by atoms with van der Waals surface area (Å²) in [6.07, 6.45) is 4.07. The first-order valence-corrected chi connectivity index (χ1v) is 7.10. The van der Waals surface area contributed by atoms with Crippen molar-refractivity contribution in [3.63, 3.8) is 0 Å². The van der Waals surface area contributed by atoms with E-state index in [-0.39, 0.29) is 6.04 Å². The lowest BCUT2D eigenvalue weighted by Crippen LogP contribution is -2.34. The van der Waals surface area contributed by atoms with Crippen molar-refractivity contribution in [1.82, 2.24) is 20.3 Å². The Morgan fingerprint density at radius 2 is 1.90 bits per heavy atom. The van der Waals surface area contributed by atoms with Crippen molar-refractivity contribution in [2.75, 3.05) is 6.54 Å². The maximum atomic E-state index is 13.3. The molecular weight excluding hydrogens is 274 g/mol. The Balaban J connectivity index is 2.07. The highest BCUT2D eigenvalue weighted by atomic mass is 19.1. The lowest BCUT2D eigenvalue weighted by atomic mass is 10.0. The van der Waals surface area contributed by atoms with Gasteiger partial charge in [-0.15, -0.1) is 5.10 Å². The van der Waals surface area contributed by atoms with Gasteiger partial charge in [0.2, 0.25) is 0 Å². The number of hydrogen-bond donors (Lipinski definition) is 1. The Bertz CT molecular complexity index is 563. The molecule has 114 valence electrons. The Hall–Kier alpha value is -1.82. The van der Waals surface area contributed by atoms with Gasteiger partial charge in [0, 0.05) is 31.8 Å². The molecule has 1 heterocycles. The van der Waals surface area contributed by atoms with Crippen LogP contribution in [0.2, 0.25) is 0 Å². The molecule has 0 spiro atoms. The quantitative estimate of drug-likeness (QED) is 0.851. The molecule has 2 aromatic rings. The van der Waals surface area contributed by atoms with Crippen molar-refractivity contribution in [3.8, 4) is 0 Å². The molecule has 1 N–H and O–H groups in total. The lowest BCUT2D eigenvalue weighted by molar-refractivity contribution is 0.496.